The summed E-state index contributed by atoms with van der Waals surface area (Å²) in [5.41, 5.74) is -2.55. The van der Waals surface area contributed by atoms with Gasteiger partial charge in [0, 0.05) is 35.6 Å². The Hall–Kier alpha value is -2.12. The van der Waals surface area contributed by atoms with Crippen molar-refractivity contribution in [3.05, 3.63) is 0 Å². The van der Waals surface area contributed by atoms with Gasteiger partial charge < -0.3 is 43.6 Å². The fourth-order valence-corrected chi connectivity index (χ4v) is 8.07. The van der Waals surface area contributed by atoms with Gasteiger partial charge in [0.25, 0.3) is 0 Å². The molecule has 0 bridgehead atoms. The van der Waals surface area contributed by atoms with E-state index in [2.05, 4.69) is 4.90 Å². The normalized spacial score (nSPS) is 44.5. The summed E-state index contributed by atoms with van der Waals surface area (Å²) in [5, 5.41) is 22.7. The van der Waals surface area contributed by atoms with Crippen molar-refractivity contribution in [2.24, 2.45) is 35.0 Å². The predicted molar refractivity (Wildman–Crippen MR) is 167 cm³/mol. The minimum Gasteiger partial charge on any atom is -0.458 e. The number of aliphatic hydroxyl groups is 2. The van der Waals surface area contributed by atoms with Crippen molar-refractivity contribution in [3.8, 4) is 0 Å². The molecule has 0 radical (unpaired) electrons. The number of carbonyl (C=O) groups is 4. The van der Waals surface area contributed by atoms with E-state index < -0.39 is 84.1 Å². The molecule has 0 saturated carbocycles. The first-order valence-corrected chi connectivity index (χ1v) is 16.7. The van der Waals surface area contributed by atoms with Crippen LogP contribution in [0.2, 0.25) is 0 Å². The molecule has 1 unspecified atom stereocenters. The molecule has 0 aromatic carbocycles. The number of ketones is 2. The number of cyclic esters (lactones) is 1. The SMILES string of the molecule is CC[C@H]1OC(=O)[C@H](C)[C@@H](O)[C@H](C)[C@@H](OC2O[C@H](C)C[C@H](N(C)C)[C@H]2CC(C)=O)[C@](C)(CO)C[C@@H](C)C(=O)[C@H](C)[C@H]2OC(=O)O[C@@]21C. The summed E-state index contributed by atoms with van der Waals surface area (Å²) in [6.45, 7) is 14.9. The maximum absolute atomic E-state index is 14.0. The van der Waals surface area contributed by atoms with Gasteiger partial charge in [-0.2, -0.15) is 0 Å². The smallest absolute Gasteiger partial charge is 0.458 e. The van der Waals surface area contributed by atoms with Gasteiger partial charge in [0.1, 0.15) is 17.7 Å². The first-order chi connectivity index (χ1) is 21.3. The van der Waals surface area contributed by atoms with Crippen LogP contribution in [0.1, 0.15) is 88.0 Å². The number of ether oxygens (including phenoxy) is 5. The zero-order valence-electron chi connectivity index (χ0n) is 29.5. The van der Waals surface area contributed by atoms with Crippen LogP contribution in [0.4, 0.5) is 4.79 Å². The molecular weight excluding hydrogens is 598 g/mol. The number of Topliss-reactive ketones (excluding diaryl/α,β-unsaturated/α-hetero) is 2. The maximum Gasteiger partial charge on any atom is 0.509 e. The van der Waals surface area contributed by atoms with Gasteiger partial charge in [-0.3, -0.25) is 9.59 Å². The van der Waals surface area contributed by atoms with Crippen LogP contribution in [0.25, 0.3) is 0 Å². The van der Waals surface area contributed by atoms with E-state index in [4.69, 9.17) is 23.7 Å². The quantitative estimate of drug-likeness (QED) is 0.385. The second kappa shape index (κ2) is 15.0. The van der Waals surface area contributed by atoms with Crippen LogP contribution in [0.15, 0.2) is 0 Å². The topological polar surface area (TPSA) is 158 Å². The highest BCUT2D eigenvalue weighted by Crippen LogP contribution is 2.44. The number of nitrogens with zero attached hydrogens (tertiary/aromatic N) is 1. The number of rotatable bonds is 7. The van der Waals surface area contributed by atoms with Crippen LogP contribution in [0, 0.1) is 35.0 Å². The van der Waals surface area contributed by atoms with E-state index in [1.807, 2.05) is 21.0 Å². The Kier molecular flexibility index (Phi) is 12.5. The van der Waals surface area contributed by atoms with Gasteiger partial charge in [0.15, 0.2) is 18.0 Å². The van der Waals surface area contributed by atoms with Crippen LogP contribution in [-0.2, 0) is 38.1 Å². The molecule has 12 nitrogen and oxygen atoms in total. The highest BCUT2D eigenvalue weighted by atomic mass is 16.8. The van der Waals surface area contributed by atoms with Crippen molar-refractivity contribution < 1.29 is 53.1 Å². The predicted octanol–water partition coefficient (Wildman–Crippen LogP) is 3.52. The number of carbonyl (C=O) groups excluding carboxylic acids is 4. The molecule has 3 fully saturated rings. The molecule has 0 aliphatic carbocycles. The lowest BCUT2D eigenvalue weighted by atomic mass is 9.68. The first kappa shape index (κ1) is 38.3. The fourth-order valence-electron chi connectivity index (χ4n) is 8.07. The largest absolute Gasteiger partial charge is 0.509 e. The average Bonchev–Trinajstić information content (AvgIpc) is 3.30. The summed E-state index contributed by atoms with van der Waals surface area (Å²) in [6.07, 6.45) is -4.90. The monoisotopic (exact) mass is 655 g/mol. The van der Waals surface area contributed by atoms with E-state index in [0.29, 0.717) is 6.42 Å². The summed E-state index contributed by atoms with van der Waals surface area (Å²) in [5.74, 6) is -4.56. The van der Waals surface area contributed by atoms with Crippen molar-refractivity contribution >= 4 is 23.7 Å². The van der Waals surface area contributed by atoms with Gasteiger partial charge >= 0.3 is 12.1 Å². The third kappa shape index (κ3) is 7.77. The summed E-state index contributed by atoms with van der Waals surface area (Å²) in [7, 11) is 3.89. The van der Waals surface area contributed by atoms with Gasteiger partial charge in [-0.15, -0.1) is 0 Å². The number of hydrogen-bond donors (Lipinski definition) is 2. The highest BCUT2D eigenvalue weighted by Gasteiger charge is 2.59. The molecule has 0 aromatic rings. The lowest BCUT2D eigenvalue weighted by Gasteiger charge is -2.49. The lowest BCUT2D eigenvalue weighted by Crippen LogP contribution is -2.57. The second-order valence-electron chi connectivity index (χ2n) is 14.9. The third-order valence-electron chi connectivity index (χ3n) is 10.7. The third-order valence-corrected chi connectivity index (χ3v) is 10.7. The lowest BCUT2D eigenvalue weighted by molar-refractivity contribution is -0.281. The molecule has 3 rings (SSSR count). The molecule has 3 saturated heterocycles. The van der Waals surface area contributed by atoms with E-state index in [1.165, 1.54) is 6.92 Å². The second-order valence-corrected chi connectivity index (χ2v) is 14.9. The Balaban J connectivity index is 2.12. The fraction of sp³-hybridized carbons (Fsp3) is 0.882. The summed E-state index contributed by atoms with van der Waals surface area (Å²) < 4.78 is 30.2. The molecular formula is C34H57NO11. The molecule has 14 atom stereocenters. The number of esters is 1. The maximum atomic E-state index is 14.0. The Labute approximate surface area is 273 Å². The summed E-state index contributed by atoms with van der Waals surface area (Å²) in [4.78, 5) is 54.5. The van der Waals surface area contributed by atoms with Gasteiger partial charge in [0.05, 0.1) is 36.8 Å². The van der Waals surface area contributed by atoms with Crippen LogP contribution in [-0.4, -0.2) is 108 Å². The van der Waals surface area contributed by atoms with E-state index in [1.54, 1.807) is 48.5 Å². The van der Waals surface area contributed by atoms with Crippen molar-refractivity contribution in [3.63, 3.8) is 0 Å². The summed E-state index contributed by atoms with van der Waals surface area (Å²) in [6, 6.07) is -0.0383. The number of fused-ring (bicyclic) bond motifs is 1. The standard InChI is InChI=1S/C34H57NO11/c1-12-25-34(9)29(45-32(41)46-34)20(5)26(38)17(2)15-33(8,16-36)28(21(6)27(39)22(7)30(40)43-25)44-31-23(13-18(3)37)24(35(10)11)14-19(4)42-31/h17,19-25,27-29,31,36,39H,12-16H2,1-11H3/t17-,19-,20+,21+,22-,23-,24+,25-,27+,28-,29-,31?,33+,34-/m1/s1. The van der Waals surface area contributed by atoms with E-state index in [0.717, 1.165) is 0 Å². The molecule has 264 valence electrons. The molecule has 46 heavy (non-hydrogen) atoms. The van der Waals surface area contributed by atoms with Gasteiger partial charge in [-0.05, 0) is 61.1 Å². The number of hydrogen-bond acceptors (Lipinski definition) is 12. The Morgan fingerprint density at radius 2 is 1.67 bits per heavy atom. The van der Waals surface area contributed by atoms with Crippen LogP contribution in [0.3, 0.4) is 0 Å². The minimum atomic E-state index is -1.44. The molecule has 0 spiro atoms. The average molecular weight is 656 g/mol. The van der Waals surface area contributed by atoms with Crippen molar-refractivity contribution in [2.45, 2.75) is 136 Å². The molecule has 3 aliphatic heterocycles. The van der Waals surface area contributed by atoms with Crippen LogP contribution >= 0.6 is 0 Å². The van der Waals surface area contributed by atoms with Crippen molar-refractivity contribution in [1.82, 2.24) is 4.90 Å². The molecule has 0 aromatic heterocycles. The first-order valence-electron chi connectivity index (χ1n) is 16.7. The number of aliphatic hydroxyl groups excluding tert-OH is 2. The summed E-state index contributed by atoms with van der Waals surface area (Å²) >= 11 is 0. The Morgan fingerprint density at radius 3 is 2.22 bits per heavy atom. The zero-order valence-corrected chi connectivity index (χ0v) is 29.5. The zero-order chi connectivity index (χ0) is 34.9. The van der Waals surface area contributed by atoms with E-state index in [9.17, 15) is 29.4 Å². The van der Waals surface area contributed by atoms with Gasteiger partial charge in [0.2, 0.25) is 0 Å². The van der Waals surface area contributed by atoms with Gasteiger partial charge in [-0.25, -0.2) is 4.79 Å². The van der Waals surface area contributed by atoms with E-state index >= 15 is 0 Å². The highest BCUT2D eigenvalue weighted by molar-refractivity contribution is 5.84. The molecule has 2 N–H and O–H groups in total. The minimum absolute atomic E-state index is 0.0220. The molecule has 0 amide bonds. The van der Waals surface area contributed by atoms with Crippen LogP contribution in [0.5, 0.6) is 0 Å². The van der Waals surface area contributed by atoms with Gasteiger partial charge in [-0.1, -0.05) is 34.6 Å². The van der Waals surface area contributed by atoms with Crippen molar-refractivity contribution in [2.75, 3.05) is 20.7 Å². The Bertz CT molecular complexity index is 1110. The van der Waals surface area contributed by atoms with Crippen molar-refractivity contribution in [1.29, 1.82) is 0 Å². The molecule has 12 heteroatoms. The Morgan fingerprint density at radius 1 is 1.04 bits per heavy atom. The van der Waals surface area contributed by atoms with E-state index in [-0.39, 0.29) is 48.9 Å². The molecule has 3 heterocycles. The van der Waals surface area contributed by atoms with Crippen LogP contribution < -0.4 is 0 Å². The molecule has 3 aliphatic rings.